The molecule has 418 valence electrons. The van der Waals surface area contributed by atoms with Gasteiger partial charge in [-0.25, -0.2) is 4.79 Å². The summed E-state index contributed by atoms with van der Waals surface area (Å²) < 4.78 is 0. The van der Waals surface area contributed by atoms with Crippen molar-refractivity contribution in [3.8, 4) is 0 Å². The number of hydrogen-bond acceptors (Lipinski definition) is 15. The molecule has 0 unspecified atom stereocenters. The molecule has 3 rings (SSSR count). The quantitative estimate of drug-likeness (QED) is 0.0350. The van der Waals surface area contributed by atoms with Gasteiger partial charge in [0.05, 0.1) is 32.3 Å². The van der Waals surface area contributed by atoms with Crippen LogP contribution in [0.15, 0.2) is 60.7 Å². The summed E-state index contributed by atoms with van der Waals surface area (Å²) >= 11 is 0. The number of carbonyl (C=O) groups excluding carboxylic acids is 10. The highest BCUT2D eigenvalue weighted by molar-refractivity contribution is 5.99. The Morgan fingerprint density at radius 2 is 1.12 bits per heavy atom. The van der Waals surface area contributed by atoms with Crippen LogP contribution in [0, 0.1) is 11.8 Å². The van der Waals surface area contributed by atoms with Gasteiger partial charge in [-0.2, -0.15) is 0 Å². The Morgan fingerprint density at radius 3 is 1.61 bits per heavy atom. The van der Waals surface area contributed by atoms with Gasteiger partial charge in [0.25, 0.3) is 0 Å². The lowest BCUT2D eigenvalue weighted by Crippen LogP contribution is -2.62. The highest BCUT2D eigenvalue weighted by Gasteiger charge is 2.40. The van der Waals surface area contributed by atoms with Crippen LogP contribution in [0.25, 0.3) is 0 Å². The van der Waals surface area contributed by atoms with Crippen LogP contribution in [0.3, 0.4) is 0 Å². The molecule has 0 saturated carbocycles. The molecule has 26 heteroatoms. The largest absolute Gasteiger partial charge is 0.480 e. The molecule has 0 aliphatic carbocycles. The molecule has 10 atom stereocenters. The van der Waals surface area contributed by atoms with E-state index in [9.17, 15) is 73.2 Å². The monoisotopic (exact) mass is 1070 g/mol. The smallest absolute Gasteiger partial charge is 0.326 e. The number of carbonyl (C=O) groups is 11. The van der Waals surface area contributed by atoms with Gasteiger partial charge in [0, 0.05) is 19.4 Å². The van der Waals surface area contributed by atoms with E-state index < -0.39 is 158 Å². The Kier molecular flexibility index (Phi) is 25.4. The van der Waals surface area contributed by atoms with Crippen molar-refractivity contribution in [2.45, 2.75) is 134 Å². The zero-order valence-electron chi connectivity index (χ0n) is 43.2. The highest BCUT2D eigenvalue weighted by Crippen LogP contribution is 2.19. The Labute approximate surface area is 439 Å². The first-order chi connectivity index (χ1) is 35.9. The molecule has 1 heterocycles. The summed E-state index contributed by atoms with van der Waals surface area (Å²) in [6, 6.07) is 3.74. The van der Waals surface area contributed by atoms with E-state index in [1.54, 1.807) is 88.4 Å². The molecule has 0 spiro atoms. The lowest BCUT2D eigenvalue weighted by molar-refractivity contribution is -0.143. The number of aliphatic carboxylic acids is 1. The average Bonchev–Trinajstić information content (AvgIpc) is 3.87. The lowest BCUT2D eigenvalue weighted by Gasteiger charge is -2.29. The molecule has 1 fully saturated rings. The molecule has 0 bridgehead atoms. The van der Waals surface area contributed by atoms with Gasteiger partial charge >= 0.3 is 5.97 Å². The zero-order chi connectivity index (χ0) is 56.8. The number of likely N-dealkylation sites (tertiary alicyclic amines) is 1. The summed E-state index contributed by atoms with van der Waals surface area (Å²) in [6.07, 6.45) is -1.95. The van der Waals surface area contributed by atoms with E-state index in [0.29, 0.717) is 17.5 Å². The number of primary amides is 1. The summed E-state index contributed by atoms with van der Waals surface area (Å²) in [4.78, 5) is 147. The minimum absolute atomic E-state index is 0.0275. The number of amides is 10. The number of nitrogens with one attached hydrogen (secondary N) is 8. The van der Waals surface area contributed by atoms with Gasteiger partial charge in [-0.15, -0.1) is 0 Å². The molecule has 1 aliphatic rings. The fraction of sp³-hybridized carbons (Fsp3) is 0.540. The predicted octanol–water partition coefficient (Wildman–Crippen LogP) is -4.67. The minimum atomic E-state index is -1.73. The Balaban J connectivity index is 1.77. The maximum absolute atomic E-state index is 14.2. The van der Waals surface area contributed by atoms with Gasteiger partial charge in [-0.3, -0.25) is 47.9 Å². The third kappa shape index (κ3) is 19.9. The van der Waals surface area contributed by atoms with Crippen LogP contribution in [0.1, 0.15) is 71.4 Å². The lowest BCUT2D eigenvalue weighted by atomic mass is 10.0. The second kappa shape index (κ2) is 30.7. The average molecular weight is 1070 g/mol. The van der Waals surface area contributed by atoms with E-state index in [0.717, 1.165) is 4.90 Å². The summed E-state index contributed by atoms with van der Waals surface area (Å²) in [7, 11) is 0. The predicted molar refractivity (Wildman–Crippen MR) is 271 cm³/mol. The molecule has 16 N–H and O–H groups in total. The normalized spacial score (nSPS) is 16.7. The fourth-order valence-electron chi connectivity index (χ4n) is 8.05. The molecule has 2 aromatic carbocycles. The number of nitrogens with zero attached hydrogens (tertiary/aromatic N) is 1. The molecule has 0 aromatic heterocycles. The second-order valence-corrected chi connectivity index (χ2v) is 19.2. The number of benzene rings is 2. The van der Waals surface area contributed by atoms with Gasteiger partial charge < -0.3 is 79.3 Å². The fourth-order valence-corrected chi connectivity index (χ4v) is 8.05. The van der Waals surface area contributed by atoms with E-state index in [2.05, 4.69) is 42.5 Å². The van der Waals surface area contributed by atoms with E-state index >= 15 is 0 Å². The number of nitrogens with two attached hydrogens (primary N) is 2. The molecule has 2 aromatic rings. The van der Waals surface area contributed by atoms with Crippen molar-refractivity contribution in [3.63, 3.8) is 0 Å². The van der Waals surface area contributed by atoms with E-state index in [1.807, 2.05) is 0 Å². The number of aliphatic hydroxyl groups excluding tert-OH is 3. The van der Waals surface area contributed by atoms with Gasteiger partial charge in [0.1, 0.15) is 54.4 Å². The third-order valence-corrected chi connectivity index (χ3v) is 12.1. The molecule has 0 radical (unpaired) electrons. The van der Waals surface area contributed by atoms with E-state index in [-0.39, 0.29) is 38.1 Å². The van der Waals surface area contributed by atoms with Crippen LogP contribution in [-0.2, 0) is 65.6 Å². The van der Waals surface area contributed by atoms with Crippen molar-refractivity contribution in [2.75, 3.05) is 26.3 Å². The first-order valence-corrected chi connectivity index (χ1v) is 24.8. The van der Waals surface area contributed by atoms with Crippen LogP contribution in [0.4, 0.5) is 0 Å². The zero-order valence-corrected chi connectivity index (χ0v) is 43.2. The summed E-state index contributed by atoms with van der Waals surface area (Å²) in [5.41, 5.74) is 12.2. The highest BCUT2D eigenvalue weighted by atomic mass is 16.4. The van der Waals surface area contributed by atoms with Crippen molar-refractivity contribution < 1.29 is 73.2 Å². The van der Waals surface area contributed by atoms with Crippen LogP contribution < -0.4 is 54.0 Å². The number of carboxylic acid groups (broad SMARTS) is 1. The Hall–Kier alpha value is -7.55. The van der Waals surface area contributed by atoms with Crippen molar-refractivity contribution in [2.24, 2.45) is 23.3 Å². The molecule has 10 amide bonds. The van der Waals surface area contributed by atoms with Crippen LogP contribution in [-0.4, -0.2) is 177 Å². The van der Waals surface area contributed by atoms with Gasteiger partial charge in [0.15, 0.2) is 0 Å². The number of hydrogen-bond donors (Lipinski definition) is 14. The van der Waals surface area contributed by atoms with Crippen molar-refractivity contribution >= 4 is 65.0 Å². The van der Waals surface area contributed by atoms with Crippen LogP contribution in [0.2, 0.25) is 0 Å². The number of rotatable bonds is 30. The third-order valence-electron chi connectivity index (χ3n) is 12.1. The summed E-state index contributed by atoms with van der Waals surface area (Å²) in [5.74, 6) is -11.5. The summed E-state index contributed by atoms with van der Waals surface area (Å²) in [5, 5.41) is 59.0. The van der Waals surface area contributed by atoms with Gasteiger partial charge in [-0.05, 0) is 49.1 Å². The van der Waals surface area contributed by atoms with E-state index in [4.69, 9.17) is 11.5 Å². The second-order valence-electron chi connectivity index (χ2n) is 19.2. The molecule has 1 saturated heterocycles. The van der Waals surface area contributed by atoms with Crippen LogP contribution in [0.5, 0.6) is 0 Å². The van der Waals surface area contributed by atoms with Gasteiger partial charge in [0.2, 0.25) is 59.1 Å². The van der Waals surface area contributed by atoms with Crippen molar-refractivity contribution in [3.05, 3.63) is 71.8 Å². The molecule has 1 aliphatic heterocycles. The maximum Gasteiger partial charge on any atom is 0.326 e. The summed E-state index contributed by atoms with van der Waals surface area (Å²) in [6.45, 7) is 5.45. The molecule has 76 heavy (non-hydrogen) atoms. The first kappa shape index (κ1) is 62.7. The molecular formula is C50H73N11O15. The van der Waals surface area contributed by atoms with Gasteiger partial charge in [-0.1, -0.05) is 88.4 Å². The standard InChI is InChI=1S/C50H73N11O15/c1-26(2)19-35(50(75)76)57-44(69)34(22-38(52)65)56-43(68)33(21-30-15-10-7-11-16-30)55-42(67)32(20-29-13-8-6-9-14-29)54-39(66)23-53-47(72)40(27(3)4)59-45(70)36(25-63)58-48(73)41(28(5)64)60-46(71)37-17-12-18-61(37)49(74)31(51)24-62/h6-11,13-16,26-28,31-37,40-41,62-64H,12,17-25,51H2,1-5H3,(H2,52,65)(H,53,72)(H,54,66)(H,55,67)(H,56,68)(H,57,69)(H,58,73)(H,59,70)(H,60,71)(H,75,76)/t28-,31+,32+,33+,34+,35+,36+,37+,40+,41+/m1/s1. The first-order valence-electron chi connectivity index (χ1n) is 24.8. The number of aliphatic hydroxyl groups is 3. The van der Waals surface area contributed by atoms with Crippen molar-refractivity contribution in [1.29, 1.82) is 0 Å². The Morgan fingerprint density at radius 1 is 0.618 bits per heavy atom. The topological polar surface area (TPSA) is 420 Å². The Bertz CT molecular complexity index is 2340. The molecule has 26 nitrogen and oxygen atoms in total. The SMILES string of the molecule is CC(C)C[C@H](NC(=O)[C@H](CC(N)=O)NC(=O)[C@H](Cc1ccccc1)NC(=O)[C@H](Cc1ccccc1)NC(=O)CNC(=O)[C@@H](NC(=O)[C@H](CO)NC(=O)[C@@H](NC(=O)[C@@H]1CCCN1C(=O)[C@@H](N)CO)[C@@H](C)O)C(C)C)C(=O)O. The minimum Gasteiger partial charge on any atom is -0.480 e. The maximum atomic E-state index is 14.2. The number of carboxylic acids is 1. The molecular weight excluding hydrogens is 995 g/mol. The van der Waals surface area contributed by atoms with Crippen molar-refractivity contribution in [1.82, 2.24) is 47.4 Å². The van der Waals surface area contributed by atoms with Crippen LogP contribution >= 0.6 is 0 Å². The van der Waals surface area contributed by atoms with E-state index in [1.165, 1.54) is 6.92 Å².